The molecule has 0 saturated carbocycles. The Kier molecular flexibility index (Phi) is 1.92. The number of hydrogen-bond donors (Lipinski definition) is 0. The molecule has 1 heterocycles. The number of hydrogen-bond acceptors (Lipinski definition) is 1. The molecule has 0 saturated heterocycles. The summed E-state index contributed by atoms with van der Waals surface area (Å²) in [6.45, 7) is 3.67. The maximum absolute atomic E-state index is 11.4. The van der Waals surface area contributed by atoms with Crippen LogP contribution in [0.3, 0.4) is 0 Å². The molecule has 14 heavy (non-hydrogen) atoms. The quantitative estimate of drug-likeness (QED) is 0.629. The smallest absolute Gasteiger partial charge is 0.161 e. The van der Waals surface area contributed by atoms with Crippen molar-refractivity contribution in [3.8, 4) is 0 Å². The normalized spacial score (nSPS) is 10.8. The second kappa shape index (κ2) is 2.98. The topological polar surface area (TPSA) is 22.0 Å². The summed E-state index contributed by atoms with van der Waals surface area (Å²) >= 11 is 0. The number of nitrogens with zero attached hydrogens (tertiary/aromatic N) is 1. The highest BCUT2D eigenvalue weighted by Gasteiger charge is 2.09. The van der Waals surface area contributed by atoms with E-state index < -0.39 is 0 Å². The molecule has 2 heteroatoms. The Morgan fingerprint density at radius 2 is 2.07 bits per heavy atom. The van der Waals surface area contributed by atoms with E-state index in [1.165, 1.54) is 10.9 Å². The number of benzene rings is 1. The van der Waals surface area contributed by atoms with Crippen molar-refractivity contribution in [3.63, 3.8) is 0 Å². The molecule has 0 radical (unpaired) electrons. The second-order valence-corrected chi connectivity index (χ2v) is 3.68. The molecule has 0 amide bonds. The van der Waals surface area contributed by atoms with E-state index in [4.69, 9.17) is 0 Å². The molecule has 72 valence electrons. The highest BCUT2D eigenvalue weighted by atomic mass is 16.1. The molecule has 0 bridgehead atoms. The van der Waals surface area contributed by atoms with E-state index in [1.54, 1.807) is 6.92 Å². The molecule has 0 unspecified atom stereocenters. The molecule has 1 aromatic heterocycles. The van der Waals surface area contributed by atoms with Crippen molar-refractivity contribution < 1.29 is 4.79 Å². The van der Waals surface area contributed by atoms with Gasteiger partial charge in [0.15, 0.2) is 5.78 Å². The van der Waals surface area contributed by atoms with Gasteiger partial charge in [-0.05, 0) is 25.5 Å². The third kappa shape index (κ3) is 1.15. The lowest BCUT2D eigenvalue weighted by Crippen LogP contribution is -1.96. The number of ketones is 1. The zero-order valence-corrected chi connectivity index (χ0v) is 8.66. The van der Waals surface area contributed by atoms with E-state index in [2.05, 4.69) is 19.2 Å². The van der Waals surface area contributed by atoms with Crippen LogP contribution in [0, 0.1) is 6.92 Å². The number of para-hydroxylation sites is 1. The lowest BCUT2D eigenvalue weighted by Gasteiger charge is -2.01. The third-order valence-electron chi connectivity index (χ3n) is 2.58. The maximum atomic E-state index is 11.4. The van der Waals surface area contributed by atoms with Crippen LogP contribution in [0.5, 0.6) is 0 Å². The van der Waals surface area contributed by atoms with Crippen LogP contribution in [0.2, 0.25) is 0 Å². The molecule has 2 aromatic rings. The number of carbonyl (C=O) groups is 1. The molecule has 0 spiro atoms. The first-order valence-corrected chi connectivity index (χ1v) is 4.67. The first-order valence-electron chi connectivity index (χ1n) is 4.67. The van der Waals surface area contributed by atoms with Crippen LogP contribution in [-0.4, -0.2) is 10.4 Å². The van der Waals surface area contributed by atoms with Crippen molar-refractivity contribution in [2.75, 3.05) is 0 Å². The average Bonchev–Trinajstić information content (AvgIpc) is 2.43. The summed E-state index contributed by atoms with van der Waals surface area (Å²) in [5.74, 6) is 0.122. The molecule has 0 fully saturated rings. The van der Waals surface area contributed by atoms with Crippen molar-refractivity contribution in [3.05, 3.63) is 35.5 Å². The Hall–Kier alpha value is -1.57. The van der Waals surface area contributed by atoms with Gasteiger partial charge in [-0.25, -0.2) is 0 Å². The first kappa shape index (κ1) is 9.00. The molecule has 0 aliphatic carbocycles. The summed E-state index contributed by atoms with van der Waals surface area (Å²) in [6, 6.07) is 5.87. The van der Waals surface area contributed by atoms with E-state index in [1.807, 2.05) is 23.7 Å². The lowest BCUT2D eigenvalue weighted by molar-refractivity contribution is 0.101. The molecule has 2 nitrogen and oxygen atoms in total. The molecular weight excluding hydrogens is 174 g/mol. The molecule has 1 aromatic carbocycles. The van der Waals surface area contributed by atoms with Crippen LogP contribution >= 0.6 is 0 Å². The van der Waals surface area contributed by atoms with Gasteiger partial charge >= 0.3 is 0 Å². The molecule has 0 atom stereocenters. The Labute approximate surface area is 83.2 Å². The van der Waals surface area contributed by atoms with Gasteiger partial charge in [0, 0.05) is 24.2 Å². The standard InChI is InChI=1S/C12H13NO/c1-8-7-13(3)12-10(8)5-4-6-11(12)9(2)14/h4-7H,1-3H3. The molecule has 2 rings (SSSR count). The van der Waals surface area contributed by atoms with Gasteiger partial charge in [-0.2, -0.15) is 0 Å². The van der Waals surface area contributed by atoms with Gasteiger partial charge in [0.25, 0.3) is 0 Å². The minimum absolute atomic E-state index is 0.122. The van der Waals surface area contributed by atoms with Gasteiger partial charge in [0.05, 0.1) is 5.52 Å². The van der Waals surface area contributed by atoms with Gasteiger partial charge < -0.3 is 4.57 Å². The van der Waals surface area contributed by atoms with E-state index in [9.17, 15) is 4.79 Å². The van der Waals surface area contributed by atoms with E-state index in [-0.39, 0.29) is 5.78 Å². The molecular formula is C12H13NO. The summed E-state index contributed by atoms with van der Waals surface area (Å²) in [5, 5.41) is 1.17. The van der Waals surface area contributed by atoms with E-state index in [0.29, 0.717) is 0 Å². The third-order valence-corrected chi connectivity index (χ3v) is 2.58. The average molecular weight is 187 g/mol. The van der Waals surface area contributed by atoms with Gasteiger partial charge in [0.2, 0.25) is 0 Å². The van der Waals surface area contributed by atoms with Gasteiger partial charge in [-0.3, -0.25) is 4.79 Å². The fourth-order valence-electron chi connectivity index (χ4n) is 1.95. The first-order chi connectivity index (χ1) is 6.61. The molecule has 0 aliphatic heterocycles. The van der Waals surface area contributed by atoms with Crippen molar-refractivity contribution in [2.45, 2.75) is 13.8 Å². The van der Waals surface area contributed by atoms with Crippen LogP contribution in [0.15, 0.2) is 24.4 Å². The molecule has 0 aliphatic rings. The van der Waals surface area contributed by atoms with Crippen LogP contribution in [-0.2, 0) is 7.05 Å². The minimum atomic E-state index is 0.122. The largest absolute Gasteiger partial charge is 0.350 e. The number of aryl methyl sites for hydroxylation is 2. The van der Waals surface area contributed by atoms with E-state index >= 15 is 0 Å². The van der Waals surface area contributed by atoms with Crippen molar-refractivity contribution in [1.29, 1.82) is 0 Å². The minimum Gasteiger partial charge on any atom is -0.350 e. The summed E-state index contributed by atoms with van der Waals surface area (Å²) in [5.41, 5.74) is 3.06. The SMILES string of the molecule is CC(=O)c1cccc2c(C)cn(C)c12. The zero-order chi connectivity index (χ0) is 10.3. The highest BCUT2D eigenvalue weighted by Crippen LogP contribution is 2.23. The predicted octanol–water partition coefficient (Wildman–Crippen LogP) is 2.69. The zero-order valence-electron chi connectivity index (χ0n) is 8.66. The maximum Gasteiger partial charge on any atom is 0.161 e. The van der Waals surface area contributed by atoms with Crippen LogP contribution in [0.25, 0.3) is 10.9 Å². The van der Waals surface area contributed by atoms with Crippen LogP contribution < -0.4 is 0 Å². The van der Waals surface area contributed by atoms with Crippen molar-refractivity contribution in [1.82, 2.24) is 4.57 Å². The van der Waals surface area contributed by atoms with Gasteiger partial charge in [-0.15, -0.1) is 0 Å². The summed E-state index contributed by atoms with van der Waals surface area (Å²) in [4.78, 5) is 11.4. The predicted molar refractivity (Wildman–Crippen MR) is 57.7 cm³/mol. The Bertz CT molecular complexity index is 508. The fraction of sp³-hybridized carbons (Fsp3) is 0.250. The second-order valence-electron chi connectivity index (χ2n) is 3.68. The summed E-state index contributed by atoms with van der Waals surface area (Å²) in [6.07, 6.45) is 2.05. The Morgan fingerprint density at radius 1 is 1.36 bits per heavy atom. The van der Waals surface area contributed by atoms with Crippen LogP contribution in [0.4, 0.5) is 0 Å². The van der Waals surface area contributed by atoms with Gasteiger partial charge in [0.1, 0.15) is 0 Å². The number of rotatable bonds is 1. The van der Waals surface area contributed by atoms with E-state index in [0.717, 1.165) is 11.1 Å². The Morgan fingerprint density at radius 3 is 2.71 bits per heavy atom. The number of Topliss-reactive ketones (excluding diaryl/α,β-unsaturated/α-hetero) is 1. The summed E-state index contributed by atoms with van der Waals surface area (Å²) in [7, 11) is 1.97. The monoisotopic (exact) mass is 187 g/mol. The fourth-order valence-corrected chi connectivity index (χ4v) is 1.95. The number of fused-ring (bicyclic) bond motifs is 1. The van der Waals surface area contributed by atoms with Crippen molar-refractivity contribution in [2.24, 2.45) is 7.05 Å². The highest BCUT2D eigenvalue weighted by molar-refractivity contribution is 6.06. The van der Waals surface area contributed by atoms with Gasteiger partial charge in [-0.1, -0.05) is 12.1 Å². The number of carbonyl (C=O) groups excluding carboxylic acids is 1. The summed E-state index contributed by atoms with van der Waals surface area (Å²) < 4.78 is 2.02. The Balaban J connectivity index is 2.92. The number of aromatic nitrogens is 1. The van der Waals surface area contributed by atoms with Crippen LogP contribution in [0.1, 0.15) is 22.8 Å². The lowest BCUT2D eigenvalue weighted by atomic mass is 10.1. The molecule has 0 N–H and O–H groups in total. The van der Waals surface area contributed by atoms with Crippen molar-refractivity contribution >= 4 is 16.7 Å².